The third kappa shape index (κ3) is 10.5. The highest BCUT2D eigenvalue weighted by molar-refractivity contribution is 7.01. The molecule has 0 spiro atoms. The zero-order chi connectivity index (χ0) is 54.6. The second kappa shape index (κ2) is 22.4. The van der Waals surface area contributed by atoms with Crippen LogP contribution in [0.3, 0.4) is 0 Å². The number of fused-ring (bicyclic) bond motifs is 1. The van der Waals surface area contributed by atoms with Gasteiger partial charge in [-0.05, 0) is 58.4 Å². The van der Waals surface area contributed by atoms with Gasteiger partial charge in [-0.2, -0.15) is 0 Å². The van der Waals surface area contributed by atoms with Gasteiger partial charge in [0, 0.05) is 17.7 Å². The van der Waals surface area contributed by atoms with Gasteiger partial charge in [0.25, 0.3) is 25.0 Å². The van der Waals surface area contributed by atoms with Gasteiger partial charge < -0.3 is 27.5 Å². The highest BCUT2D eigenvalue weighted by atomic mass is 28.4. The molecule has 0 N–H and O–H groups in total. The lowest BCUT2D eigenvalue weighted by Gasteiger charge is -2.52. The van der Waals surface area contributed by atoms with Crippen LogP contribution in [0.4, 0.5) is 0 Å². The predicted molar refractivity (Wildman–Crippen MR) is 323 cm³/mol. The average molecular weight is 1080 g/mol. The molecular weight excluding hydrogens is 1000 g/mol. The van der Waals surface area contributed by atoms with Crippen LogP contribution in [0.2, 0.25) is 15.1 Å². The summed E-state index contributed by atoms with van der Waals surface area (Å²) in [5.74, 6) is 0.970. The van der Waals surface area contributed by atoms with Crippen LogP contribution >= 0.6 is 0 Å². The minimum Gasteiger partial charge on any atom is -0.496 e. The van der Waals surface area contributed by atoms with E-state index in [1.54, 1.807) is 7.11 Å². The Kier molecular flexibility index (Phi) is 16.0. The second-order valence-electron chi connectivity index (χ2n) is 23.2. The summed E-state index contributed by atoms with van der Waals surface area (Å²) in [5, 5.41) is 7.06. The first-order valence-electron chi connectivity index (χ1n) is 26.9. The Balaban J connectivity index is 1.39. The van der Waals surface area contributed by atoms with Gasteiger partial charge in [-0.1, -0.05) is 269 Å². The maximum absolute atomic E-state index is 13.4. The Hall–Kier alpha value is -6.64. The smallest absolute Gasteiger partial charge is 0.308 e. The number of hydrogen-bond acceptors (Lipinski definition) is 7. The van der Waals surface area contributed by atoms with Gasteiger partial charge in [0.2, 0.25) is 0 Å². The van der Waals surface area contributed by atoms with Crippen LogP contribution in [0.15, 0.2) is 218 Å². The molecule has 10 heteroatoms. The van der Waals surface area contributed by atoms with E-state index in [1.807, 2.05) is 30.3 Å². The van der Waals surface area contributed by atoms with Crippen LogP contribution in [0.1, 0.15) is 74.8 Å². The number of ether oxygens (including phenoxy) is 3. The summed E-state index contributed by atoms with van der Waals surface area (Å²) in [4.78, 5) is 13.4. The number of methoxy groups -OCH3 is 1. The van der Waals surface area contributed by atoms with Crippen LogP contribution in [0, 0.1) is 0 Å². The van der Waals surface area contributed by atoms with Crippen molar-refractivity contribution in [3.05, 3.63) is 224 Å². The van der Waals surface area contributed by atoms with Crippen LogP contribution in [-0.4, -0.2) is 63.0 Å². The molecule has 1 aliphatic heterocycles. The summed E-state index contributed by atoms with van der Waals surface area (Å²) in [6.45, 7) is 22.3. The molecular formula is C67H74O7Si3. The van der Waals surface area contributed by atoms with Gasteiger partial charge in [0.05, 0.1) is 25.4 Å². The molecule has 3 atom stereocenters. The molecule has 0 amide bonds. The lowest BCUT2D eigenvalue weighted by Crippen LogP contribution is -2.73. The molecule has 1 aliphatic rings. The molecule has 0 fully saturated rings. The normalized spacial score (nSPS) is 16.6. The fourth-order valence-corrected chi connectivity index (χ4v) is 25.8. The number of hydrogen-bond donors (Lipinski definition) is 0. The molecule has 0 saturated carbocycles. The first-order valence-corrected chi connectivity index (χ1v) is 32.6. The minimum absolute atomic E-state index is 0.113. The van der Waals surface area contributed by atoms with Gasteiger partial charge in [-0.25, -0.2) is 0 Å². The maximum Gasteiger partial charge on any atom is 0.308 e. The largest absolute Gasteiger partial charge is 0.496 e. The fourth-order valence-electron chi connectivity index (χ4n) is 11.9. The zero-order valence-electron chi connectivity index (χ0n) is 46.6. The third-order valence-corrected chi connectivity index (χ3v) is 30.4. The van der Waals surface area contributed by atoms with Crippen molar-refractivity contribution in [2.45, 2.75) is 103 Å². The first kappa shape index (κ1) is 55.1. The molecule has 0 bridgehead atoms. The number of esters is 1. The molecule has 0 unspecified atom stereocenters. The lowest BCUT2D eigenvalue weighted by molar-refractivity contribution is -0.131. The molecule has 7 nitrogen and oxygen atoms in total. The van der Waals surface area contributed by atoms with Gasteiger partial charge >= 0.3 is 5.97 Å². The Morgan fingerprint density at radius 2 is 0.831 bits per heavy atom. The standard InChI is InChI=1S/C67H74O7Si3/c1-49(68)71-63-57-45-31-30-44-56(57)59(69-11)46-58(63)60-47-61(73-76(66(5,6)7,52-36-22-14-23-37-52)53-38-24-15-25-39-53)64(74-77(67(8,9)10,54-40-26-16-27-41-54)55-42-28-17-29-43-55)62(72-60)48-70-75(65(2,3)4,50-32-18-12-19-33-50)51-34-20-13-21-35-51/h12-47,61-62,64H,48H2,1-11H3/t61-,62-,64+/m1/s1. The molecule has 0 radical (unpaired) electrons. The summed E-state index contributed by atoms with van der Waals surface area (Å²) < 4.78 is 45.3. The highest BCUT2D eigenvalue weighted by Crippen LogP contribution is 2.47. The summed E-state index contributed by atoms with van der Waals surface area (Å²) >= 11 is 0. The Morgan fingerprint density at radius 3 is 1.19 bits per heavy atom. The van der Waals surface area contributed by atoms with Crippen LogP contribution in [-0.2, 0) is 22.8 Å². The van der Waals surface area contributed by atoms with Crippen molar-refractivity contribution < 1.29 is 32.3 Å². The molecule has 8 aromatic rings. The Bertz CT molecular complexity index is 3160. The quantitative estimate of drug-likeness (QED) is 0.0542. The van der Waals surface area contributed by atoms with Gasteiger partial charge in [-0.15, -0.1) is 0 Å². The maximum atomic E-state index is 13.4. The first-order chi connectivity index (χ1) is 36.9. The van der Waals surface area contributed by atoms with E-state index in [-0.39, 0.29) is 11.6 Å². The van der Waals surface area contributed by atoms with E-state index < -0.39 is 59.3 Å². The van der Waals surface area contributed by atoms with Gasteiger partial charge in [-0.3, -0.25) is 4.79 Å². The van der Waals surface area contributed by atoms with Gasteiger partial charge in [0.15, 0.2) is 0 Å². The van der Waals surface area contributed by atoms with Crippen LogP contribution in [0.25, 0.3) is 16.5 Å². The van der Waals surface area contributed by atoms with E-state index in [9.17, 15) is 4.79 Å². The lowest BCUT2D eigenvalue weighted by atomic mass is 9.98. The van der Waals surface area contributed by atoms with E-state index >= 15 is 0 Å². The van der Waals surface area contributed by atoms with Crippen LogP contribution < -0.4 is 40.6 Å². The summed E-state index contributed by atoms with van der Waals surface area (Å²) in [7, 11) is -8.43. The number of carbonyl (C=O) groups is 1. The molecule has 396 valence electrons. The third-order valence-electron chi connectivity index (χ3n) is 15.3. The topological polar surface area (TPSA) is 72.5 Å². The molecule has 0 saturated heterocycles. The van der Waals surface area contributed by atoms with Crippen molar-refractivity contribution in [3.8, 4) is 11.5 Å². The fraction of sp³-hybridized carbons (Fsp3) is 0.269. The van der Waals surface area contributed by atoms with Crippen molar-refractivity contribution in [1.82, 2.24) is 0 Å². The minimum atomic E-state index is -3.43. The molecule has 8 aromatic carbocycles. The van der Waals surface area contributed by atoms with Crippen molar-refractivity contribution >= 4 is 78.6 Å². The number of rotatable bonds is 16. The SMILES string of the molecule is COc1cc(C2=C[C@@H](O[Si](c3ccccc3)(c3ccccc3)C(C)(C)C)[C@H](O[Si](c3ccccc3)(c3ccccc3)C(C)(C)C)[C@@H](CO[Si](c3ccccc3)(c3ccccc3)C(C)(C)C)O2)c(OC(C)=O)c2ccccc12. The molecule has 77 heavy (non-hydrogen) atoms. The Labute approximate surface area is 460 Å². The Morgan fingerprint density at radius 1 is 0.481 bits per heavy atom. The summed E-state index contributed by atoms with van der Waals surface area (Å²) in [6, 6.07) is 74.2. The monoisotopic (exact) mass is 1070 g/mol. The average Bonchev–Trinajstić information content (AvgIpc) is 3.43. The highest BCUT2D eigenvalue weighted by Gasteiger charge is 2.59. The predicted octanol–water partition coefficient (Wildman–Crippen LogP) is 12.0. The van der Waals surface area contributed by atoms with E-state index in [2.05, 4.69) is 250 Å². The summed E-state index contributed by atoms with van der Waals surface area (Å²) in [6.07, 6.45) is -0.298. The van der Waals surface area contributed by atoms with Crippen molar-refractivity contribution in [2.75, 3.05) is 13.7 Å². The molecule has 0 aliphatic carbocycles. The van der Waals surface area contributed by atoms with Crippen LogP contribution in [0.5, 0.6) is 11.5 Å². The van der Waals surface area contributed by atoms with Crippen molar-refractivity contribution in [1.29, 1.82) is 0 Å². The number of benzene rings is 8. The van der Waals surface area contributed by atoms with Crippen molar-refractivity contribution in [3.63, 3.8) is 0 Å². The summed E-state index contributed by atoms with van der Waals surface area (Å²) in [5.41, 5.74) is 0.547. The van der Waals surface area contributed by atoms with E-state index in [1.165, 1.54) is 6.92 Å². The second-order valence-corrected chi connectivity index (χ2v) is 36.1. The van der Waals surface area contributed by atoms with E-state index in [4.69, 9.17) is 27.5 Å². The zero-order valence-corrected chi connectivity index (χ0v) is 49.6. The number of carbonyl (C=O) groups excluding carboxylic acids is 1. The van der Waals surface area contributed by atoms with Crippen molar-refractivity contribution in [2.24, 2.45) is 0 Å². The van der Waals surface area contributed by atoms with Gasteiger partial charge in [0.1, 0.15) is 29.5 Å². The van der Waals surface area contributed by atoms with E-state index in [0.717, 1.165) is 36.5 Å². The molecule has 0 aromatic heterocycles. The molecule has 1 heterocycles. The molecule has 9 rings (SSSR count). The van der Waals surface area contributed by atoms with E-state index in [0.29, 0.717) is 28.2 Å².